The van der Waals surface area contributed by atoms with Crippen LogP contribution in [0.3, 0.4) is 0 Å². The van der Waals surface area contributed by atoms with Gasteiger partial charge in [0.1, 0.15) is 5.56 Å². The van der Waals surface area contributed by atoms with E-state index in [1.807, 2.05) is 0 Å². The molecule has 0 aliphatic carbocycles. The highest BCUT2D eigenvalue weighted by atomic mass is 32.2. The quantitative estimate of drug-likeness (QED) is 0.568. The molecule has 0 atom stereocenters. The minimum Gasteiger partial charge on any atom is -0.302 e. The van der Waals surface area contributed by atoms with Gasteiger partial charge in [-0.15, -0.1) is 11.8 Å². The van der Waals surface area contributed by atoms with E-state index in [9.17, 15) is 27.0 Å². The van der Waals surface area contributed by atoms with Crippen molar-refractivity contribution in [3.63, 3.8) is 0 Å². The fourth-order valence-corrected chi connectivity index (χ4v) is 6.24. The van der Waals surface area contributed by atoms with E-state index in [1.54, 1.807) is 0 Å². The Morgan fingerprint density at radius 2 is 1.86 bits per heavy atom. The second kappa shape index (κ2) is 8.02. The van der Waals surface area contributed by atoms with Crippen molar-refractivity contribution in [3.05, 3.63) is 45.4 Å². The third-order valence-corrected chi connectivity index (χ3v) is 7.94. The Hall–Kier alpha value is -2.01. The maximum atomic E-state index is 13.7. The number of ketones is 1. The highest BCUT2D eigenvalue weighted by Gasteiger charge is 2.37. The Morgan fingerprint density at radius 1 is 1.21 bits per heavy atom. The van der Waals surface area contributed by atoms with E-state index in [1.165, 1.54) is 19.5 Å². The number of benzene rings is 1. The van der Waals surface area contributed by atoms with Crippen molar-refractivity contribution in [2.24, 2.45) is 11.4 Å². The number of carbonyl (C=O) groups excluding carboxylic acids is 1. The monoisotopic (exact) mass is 447 g/mol. The standard InChI is InChI=1S/C18H20F3N3O3S2/c1-24-17(26)12(10-22-24)15(25)11-6-7-13(18(19,20)21)14(16(11)28-2)23-29(27)8-4-3-5-9-29/h6-7,10,22H,3-5,8-9H2,1-2H3. The topological polar surface area (TPSA) is 84.3 Å². The molecule has 11 heteroatoms. The van der Waals surface area contributed by atoms with Gasteiger partial charge in [0.2, 0.25) is 5.78 Å². The number of nitrogens with zero attached hydrogens (tertiary/aromatic N) is 2. The third-order valence-electron chi connectivity index (χ3n) is 4.75. The van der Waals surface area contributed by atoms with Crippen LogP contribution in [0.2, 0.25) is 0 Å². The van der Waals surface area contributed by atoms with Crippen molar-refractivity contribution < 1.29 is 22.2 Å². The van der Waals surface area contributed by atoms with Gasteiger partial charge in [-0.2, -0.15) is 17.5 Å². The zero-order chi connectivity index (χ0) is 21.4. The largest absolute Gasteiger partial charge is 0.418 e. The molecule has 158 valence electrons. The average Bonchev–Trinajstić information content (AvgIpc) is 2.99. The molecule has 1 saturated heterocycles. The minimum absolute atomic E-state index is 0.0265. The molecule has 6 nitrogen and oxygen atoms in total. The second-order valence-electron chi connectivity index (χ2n) is 6.75. The molecule has 1 aromatic heterocycles. The van der Waals surface area contributed by atoms with Gasteiger partial charge in [0.25, 0.3) is 5.56 Å². The lowest BCUT2D eigenvalue weighted by molar-refractivity contribution is -0.137. The number of aromatic amines is 1. The Morgan fingerprint density at radius 3 is 2.38 bits per heavy atom. The van der Waals surface area contributed by atoms with E-state index in [4.69, 9.17) is 0 Å². The molecule has 3 rings (SSSR count). The van der Waals surface area contributed by atoms with Crippen LogP contribution in [0.25, 0.3) is 0 Å². The highest BCUT2D eigenvalue weighted by molar-refractivity contribution is 7.99. The van der Waals surface area contributed by atoms with E-state index in [0.717, 1.165) is 35.0 Å². The van der Waals surface area contributed by atoms with Gasteiger partial charge >= 0.3 is 6.18 Å². The predicted molar refractivity (Wildman–Crippen MR) is 107 cm³/mol. The fraction of sp³-hybridized carbons (Fsp3) is 0.444. The molecule has 0 bridgehead atoms. The van der Waals surface area contributed by atoms with E-state index in [2.05, 4.69) is 9.46 Å². The van der Waals surface area contributed by atoms with Gasteiger partial charge in [-0.3, -0.25) is 14.3 Å². The van der Waals surface area contributed by atoms with Crippen LogP contribution in [-0.2, 0) is 23.0 Å². The van der Waals surface area contributed by atoms with Crippen LogP contribution in [0.1, 0.15) is 40.7 Å². The van der Waals surface area contributed by atoms with Gasteiger partial charge in [-0.1, -0.05) is 6.42 Å². The highest BCUT2D eigenvalue weighted by Crippen LogP contribution is 2.44. The Kier molecular flexibility index (Phi) is 6.00. The average molecular weight is 448 g/mol. The third kappa shape index (κ3) is 4.30. The molecule has 2 aromatic rings. The smallest absolute Gasteiger partial charge is 0.302 e. The first-order valence-electron chi connectivity index (χ1n) is 8.87. The molecule has 0 unspecified atom stereocenters. The van der Waals surface area contributed by atoms with Crippen LogP contribution in [-0.4, -0.2) is 37.5 Å². The number of hydrogen-bond donors (Lipinski definition) is 1. The van der Waals surface area contributed by atoms with Crippen LogP contribution >= 0.6 is 11.8 Å². The van der Waals surface area contributed by atoms with Gasteiger partial charge in [0.05, 0.1) is 21.0 Å². The molecule has 1 N–H and O–H groups in total. The molecule has 0 spiro atoms. The van der Waals surface area contributed by atoms with Gasteiger partial charge in [0.15, 0.2) is 0 Å². The van der Waals surface area contributed by atoms with Crippen molar-refractivity contribution >= 4 is 33.0 Å². The first-order chi connectivity index (χ1) is 13.6. The van der Waals surface area contributed by atoms with Crippen molar-refractivity contribution in [1.29, 1.82) is 0 Å². The number of aryl methyl sites for hydroxylation is 1. The molecule has 1 aliphatic rings. The van der Waals surface area contributed by atoms with Gasteiger partial charge < -0.3 is 5.10 Å². The van der Waals surface area contributed by atoms with Crippen LogP contribution in [0.15, 0.2) is 32.4 Å². The summed E-state index contributed by atoms with van der Waals surface area (Å²) in [6.07, 6.45) is 0.147. The summed E-state index contributed by atoms with van der Waals surface area (Å²) in [5.74, 6) is -0.247. The number of hydrogen-bond acceptors (Lipinski definition) is 5. The van der Waals surface area contributed by atoms with Gasteiger partial charge in [-0.25, -0.2) is 4.21 Å². The lowest BCUT2D eigenvalue weighted by atomic mass is 10.0. The van der Waals surface area contributed by atoms with E-state index < -0.39 is 38.5 Å². The lowest BCUT2D eigenvalue weighted by Gasteiger charge is -2.19. The second-order valence-corrected chi connectivity index (χ2v) is 10.1. The molecule has 0 radical (unpaired) electrons. The van der Waals surface area contributed by atoms with Gasteiger partial charge in [-0.05, 0) is 31.2 Å². The molecule has 0 saturated carbocycles. The van der Waals surface area contributed by atoms with Crippen molar-refractivity contribution in [2.45, 2.75) is 30.3 Å². The first-order valence-corrected chi connectivity index (χ1v) is 11.9. The summed E-state index contributed by atoms with van der Waals surface area (Å²) in [4.78, 5) is 25.0. The maximum absolute atomic E-state index is 13.7. The SMILES string of the molecule is CSc1c(C(=O)c2c[nH]n(C)c2=O)ccc(C(F)(F)F)c1N=S1(=O)CCCCC1. The summed E-state index contributed by atoms with van der Waals surface area (Å²) in [6.45, 7) is 0. The molecule has 1 aromatic carbocycles. The normalized spacial score (nSPS) is 16.6. The molecule has 0 amide bonds. The number of thioether (sulfide) groups is 1. The number of nitrogens with one attached hydrogen (secondary N) is 1. The molecular formula is C18H20F3N3O3S2. The van der Waals surface area contributed by atoms with Gasteiger partial charge in [0, 0.05) is 35.2 Å². The van der Waals surface area contributed by atoms with Crippen LogP contribution in [0.5, 0.6) is 0 Å². The molecule has 2 heterocycles. The fourth-order valence-electron chi connectivity index (χ4n) is 3.24. The molecule has 1 aliphatic heterocycles. The van der Waals surface area contributed by atoms with Crippen LogP contribution in [0, 0.1) is 0 Å². The van der Waals surface area contributed by atoms with Crippen LogP contribution < -0.4 is 5.56 Å². The number of carbonyl (C=O) groups is 1. The van der Waals surface area contributed by atoms with E-state index in [-0.39, 0.29) is 27.5 Å². The minimum atomic E-state index is -4.72. The molecular weight excluding hydrogens is 427 g/mol. The number of halogens is 3. The summed E-state index contributed by atoms with van der Waals surface area (Å²) in [5, 5.41) is 2.57. The summed E-state index contributed by atoms with van der Waals surface area (Å²) < 4.78 is 59.2. The first kappa shape index (κ1) is 21.7. The molecule has 1 fully saturated rings. The number of aromatic nitrogens is 2. The predicted octanol–water partition coefficient (Wildman–Crippen LogP) is 3.97. The zero-order valence-corrected chi connectivity index (χ0v) is 17.5. The van der Waals surface area contributed by atoms with Crippen LogP contribution in [0.4, 0.5) is 18.9 Å². The maximum Gasteiger partial charge on any atom is 0.418 e. The molecule has 29 heavy (non-hydrogen) atoms. The summed E-state index contributed by atoms with van der Waals surface area (Å²) in [6, 6.07) is 1.82. The Balaban J connectivity index is 2.27. The lowest BCUT2D eigenvalue weighted by Crippen LogP contribution is -2.20. The zero-order valence-electron chi connectivity index (χ0n) is 15.8. The Labute approximate surface area is 170 Å². The number of rotatable bonds is 4. The van der Waals surface area contributed by atoms with E-state index in [0.29, 0.717) is 12.8 Å². The number of H-pyrrole nitrogens is 1. The summed E-state index contributed by atoms with van der Waals surface area (Å²) in [7, 11) is -1.42. The summed E-state index contributed by atoms with van der Waals surface area (Å²) >= 11 is 0.916. The van der Waals surface area contributed by atoms with Crippen molar-refractivity contribution in [1.82, 2.24) is 9.78 Å². The van der Waals surface area contributed by atoms with Crippen molar-refractivity contribution in [2.75, 3.05) is 17.8 Å². The summed E-state index contributed by atoms with van der Waals surface area (Å²) in [5.41, 5.74) is -2.35. The van der Waals surface area contributed by atoms with E-state index >= 15 is 0 Å². The Bertz CT molecular complexity index is 1110. The number of alkyl halides is 3. The van der Waals surface area contributed by atoms with Crippen molar-refractivity contribution in [3.8, 4) is 0 Å².